The van der Waals surface area contributed by atoms with Crippen LogP contribution < -0.4 is 9.80 Å². The summed E-state index contributed by atoms with van der Waals surface area (Å²) in [6.07, 6.45) is 1.96. The van der Waals surface area contributed by atoms with Crippen LogP contribution in [0.4, 0.5) is 11.5 Å². The molecule has 0 radical (unpaired) electrons. The zero-order chi connectivity index (χ0) is 17.9. The fourth-order valence-corrected chi connectivity index (χ4v) is 3.09. The molecular formula is C20H21N3O3. The first-order valence-electron chi connectivity index (χ1n) is 8.73. The third-order valence-corrected chi connectivity index (χ3v) is 4.63. The third-order valence-electron chi connectivity index (χ3n) is 4.63. The van der Waals surface area contributed by atoms with E-state index >= 15 is 0 Å². The normalized spacial score (nSPS) is 14.6. The van der Waals surface area contributed by atoms with E-state index in [9.17, 15) is 4.79 Å². The number of hydrogen-bond acceptors (Lipinski definition) is 5. The van der Waals surface area contributed by atoms with Crippen molar-refractivity contribution in [1.29, 1.82) is 0 Å². The summed E-state index contributed by atoms with van der Waals surface area (Å²) in [5.41, 5.74) is 1.57. The first kappa shape index (κ1) is 16.6. The fourth-order valence-electron chi connectivity index (χ4n) is 3.09. The Hall–Kier alpha value is -2.86. The van der Waals surface area contributed by atoms with Crippen molar-refractivity contribution in [2.24, 2.45) is 0 Å². The van der Waals surface area contributed by atoms with Gasteiger partial charge in [-0.2, -0.15) is 0 Å². The molecule has 0 bridgehead atoms. The number of furan rings is 1. The van der Waals surface area contributed by atoms with Crippen LogP contribution in [0, 0.1) is 0 Å². The van der Waals surface area contributed by atoms with Crippen molar-refractivity contribution >= 4 is 28.4 Å². The lowest BCUT2D eigenvalue weighted by molar-refractivity contribution is -0.117. The molecule has 1 fully saturated rings. The van der Waals surface area contributed by atoms with Crippen LogP contribution in [0.25, 0.3) is 11.0 Å². The average Bonchev–Trinajstić information content (AvgIpc) is 3.10. The van der Waals surface area contributed by atoms with Crippen molar-refractivity contribution in [2.45, 2.75) is 6.42 Å². The van der Waals surface area contributed by atoms with Gasteiger partial charge in [0.05, 0.1) is 31.5 Å². The van der Waals surface area contributed by atoms with E-state index < -0.39 is 0 Å². The fraction of sp³-hybridized carbons (Fsp3) is 0.300. The molecule has 3 heterocycles. The molecule has 0 atom stereocenters. The Morgan fingerprint density at radius 2 is 2.00 bits per heavy atom. The van der Waals surface area contributed by atoms with Crippen molar-refractivity contribution in [3.8, 4) is 0 Å². The molecule has 1 aliphatic heterocycles. The van der Waals surface area contributed by atoms with Gasteiger partial charge in [0.25, 0.3) is 0 Å². The quantitative estimate of drug-likeness (QED) is 0.723. The number of amides is 1. The topological polar surface area (TPSA) is 58.8 Å². The number of rotatable bonds is 4. The van der Waals surface area contributed by atoms with Crippen LogP contribution in [0.3, 0.4) is 0 Å². The van der Waals surface area contributed by atoms with Crippen LogP contribution in [-0.2, 0) is 16.0 Å². The van der Waals surface area contributed by atoms with Crippen molar-refractivity contribution in [3.05, 3.63) is 54.4 Å². The molecule has 6 nitrogen and oxygen atoms in total. The summed E-state index contributed by atoms with van der Waals surface area (Å²) < 4.78 is 11.1. The number of fused-ring (bicyclic) bond motifs is 1. The van der Waals surface area contributed by atoms with Gasteiger partial charge in [-0.25, -0.2) is 4.98 Å². The molecule has 0 unspecified atom stereocenters. The minimum Gasteiger partial charge on any atom is -0.461 e. The number of hydrogen-bond donors (Lipinski definition) is 0. The smallest absolute Gasteiger partial charge is 0.234 e. The van der Waals surface area contributed by atoms with Crippen molar-refractivity contribution in [1.82, 2.24) is 4.98 Å². The van der Waals surface area contributed by atoms with Gasteiger partial charge in [0.1, 0.15) is 17.2 Å². The van der Waals surface area contributed by atoms with Crippen LogP contribution in [0.15, 0.2) is 53.1 Å². The summed E-state index contributed by atoms with van der Waals surface area (Å²) in [7, 11) is 1.76. The number of carbonyl (C=O) groups is 1. The molecule has 0 saturated carbocycles. The van der Waals surface area contributed by atoms with E-state index in [4.69, 9.17) is 9.15 Å². The third kappa shape index (κ3) is 3.41. The second-order valence-corrected chi connectivity index (χ2v) is 6.35. The van der Waals surface area contributed by atoms with Crippen molar-refractivity contribution in [2.75, 3.05) is 43.2 Å². The van der Waals surface area contributed by atoms with Gasteiger partial charge in [-0.05, 0) is 24.3 Å². The number of para-hydroxylation sites is 1. The summed E-state index contributed by atoms with van der Waals surface area (Å²) >= 11 is 0. The lowest BCUT2D eigenvalue weighted by atomic mass is 10.2. The molecule has 1 aliphatic rings. The Bertz CT molecular complexity index is 865. The van der Waals surface area contributed by atoms with E-state index in [1.807, 2.05) is 42.5 Å². The largest absolute Gasteiger partial charge is 0.461 e. The number of carbonyl (C=O) groups excluding carboxylic acids is 1. The summed E-state index contributed by atoms with van der Waals surface area (Å²) in [6, 6.07) is 13.6. The molecule has 0 N–H and O–H groups in total. The van der Waals surface area contributed by atoms with Gasteiger partial charge >= 0.3 is 0 Å². The molecule has 1 aromatic carbocycles. The summed E-state index contributed by atoms with van der Waals surface area (Å²) in [5, 5.41) is 1.01. The lowest BCUT2D eigenvalue weighted by Gasteiger charge is -2.28. The van der Waals surface area contributed by atoms with Crippen LogP contribution >= 0.6 is 0 Å². The molecule has 6 heteroatoms. The van der Waals surface area contributed by atoms with Crippen molar-refractivity contribution < 1.29 is 13.9 Å². The van der Waals surface area contributed by atoms with Gasteiger partial charge in [0, 0.05) is 25.5 Å². The second kappa shape index (κ2) is 7.17. The van der Waals surface area contributed by atoms with Gasteiger partial charge in [0.2, 0.25) is 5.91 Å². The number of pyridine rings is 1. The zero-order valence-electron chi connectivity index (χ0n) is 14.7. The number of aromatic nitrogens is 1. The van der Waals surface area contributed by atoms with E-state index in [1.54, 1.807) is 18.1 Å². The number of likely N-dealkylation sites (N-methyl/N-ethyl adjacent to an activating group) is 1. The standard InChI is InChI=1S/C20H21N3O3/c1-22(16-6-7-19(21-14-16)23-8-10-25-11-9-23)20(24)13-17-12-15-4-2-3-5-18(15)26-17/h2-7,12,14H,8-11,13H2,1H3. The maximum absolute atomic E-state index is 12.6. The molecule has 26 heavy (non-hydrogen) atoms. The van der Waals surface area contributed by atoms with Crippen LogP contribution in [0.1, 0.15) is 5.76 Å². The molecule has 3 aromatic rings. The first-order valence-corrected chi connectivity index (χ1v) is 8.73. The Morgan fingerprint density at radius 3 is 2.73 bits per heavy atom. The van der Waals surface area contributed by atoms with Crippen molar-refractivity contribution in [3.63, 3.8) is 0 Å². The molecular weight excluding hydrogens is 330 g/mol. The van der Waals surface area contributed by atoms with Gasteiger partial charge in [0.15, 0.2) is 0 Å². The minimum atomic E-state index is -0.0371. The Morgan fingerprint density at radius 1 is 1.19 bits per heavy atom. The maximum atomic E-state index is 12.6. The van der Waals surface area contributed by atoms with E-state index in [0.29, 0.717) is 5.76 Å². The second-order valence-electron chi connectivity index (χ2n) is 6.35. The van der Waals surface area contributed by atoms with Crippen LogP contribution in [-0.4, -0.2) is 44.2 Å². The SMILES string of the molecule is CN(C(=O)Cc1cc2ccccc2o1)c1ccc(N2CCOCC2)nc1. The molecule has 1 amide bonds. The lowest BCUT2D eigenvalue weighted by Crippen LogP contribution is -2.36. The highest BCUT2D eigenvalue weighted by atomic mass is 16.5. The van der Waals surface area contributed by atoms with Gasteiger partial charge < -0.3 is 19.0 Å². The highest BCUT2D eigenvalue weighted by Gasteiger charge is 2.16. The minimum absolute atomic E-state index is 0.0371. The molecule has 134 valence electrons. The van der Waals surface area contributed by atoms with E-state index in [1.165, 1.54) is 0 Å². The van der Waals surface area contributed by atoms with Gasteiger partial charge in [-0.1, -0.05) is 18.2 Å². The summed E-state index contributed by atoms with van der Waals surface area (Å²) in [5.74, 6) is 1.54. The summed E-state index contributed by atoms with van der Waals surface area (Å²) in [4.78, 5) is 20.9. The zero-order valence-corrected chi connectivity index (χ0v) is 14.7. The first-order chi connectivity index (χ1) is 12.7. The number of benzene rings is 1. The number of nitrogens with zero attached hydrogens (tertiary/aromatic N) is 3. The monoisotopic (exact) mass is 351 g/mol. The van der Waals surface area contributed by atoms with Crippen LogP contribution in [0.2, 0.25) is 0 Å². The predicted octanol–water partition coefficient (Wildman–Crippen LogP) is 2.87. The Kier molecular flexibility index (Phi) is 4.58. The van der Waals surface area contributed by atoms with E-state index in [-0.39, 0.29) is 12.3 Å². The molecule has 1 saturated heterocycles. The number of anilines is 2. The number of morpholine rings is 1. The van der Waals surface area contributed by atoms with Gasteiger partial charge in [-0.15, -0.1) is 0 Å². The van der Waals surface area contributed by atoms with Crippen LogP contribution in [0.5, 0.6) is 0 Å². The average molecular weight is 351 g/mol. The Labute approximate surface area is 152 Å². The number of ether oxygens (including phenoxy) is 1. The predicted molar refractivity (Wildman–Crippen MR) is 101 cm³/mol. The maximum Gasteiger partial charge on any atom is 0.234 e. The molecule has 0 aliphatic carbocycles. The highest BCUT2D eigenvalue weighted by molar-refractivity contribution is 5.94. The Balaban J connectivity index is 1.44. The van der Waals surface area contributed by atoms with Gasteiger partial charge in [-0.3, -0.25) is 4.79 Å². The highest BCUT2D eigenvalue weighted by Crippen LogP contribution is 2.21. The summed E-state index contributed by atoms with van der Waals surface area (Å²) in [6.45, 7) is 3.12. The molecule has 0 spiro atoms. The van der Waals surface area contributed by atoms with E-state index in [0.717, 1.165) is 48.8 Å². The molecule has 4 rings (SSSR count). The molecule has 2 aromatic heterocycles. The van der Waals surface area contributed by atoms with E-state index in [2.05, 4.69) is 9.88 Å².